The average molecular weight is 336 g/mol. The van der Waals surface area contributed by atoms with Gasteiger partial charge >= 0.3 is 6.29 Å². The largest absolute Gasteiger partial charge is 0.586 e. The van der Waals surface area contributed by atoms with Gasteiger partial charge < -0.3 is 14.8 Å². The zero-order valence-corrected chi connectivity index (χ0v) is 11.8. The number of benzene rings is 1. The van der Waals surface area contributed by atoms with E-state index in [1.54, 1.807) is 0 Å². The summed E-state index contributed by atoms with van der Waals surface area (Å²) in [6, 6.07) is 4.10. The maximum atomic E-state index is 12.8. The highest BCUT2D eigenvalue weighted by atomic mass is 79.9. The van der Waals surface area contributed by atoms with E-state index in [9.17, 15) is 13.6 Å². The Morgan fingerprint density at radius 2 is 1.95 bits per heavy atom. The van der Waals surface area contributed by atoms with Gasteiger partial charge in [-0.2, -0.15) is 0 Å². The molecule has 0 aliphatic carbocycles. The Labute approximate surface area is 117 Å². The van der Waals surface area contributed by atoms with Crippen molar-refractivity contribution >= 4 is 27.5 Å². The summed E-state index contributed by atoms with van der Waals surface area (Å²) in [4.78, 5) is 11.4. The smallest absolute Gasteiger partial charge is 0.395 e. The minimum absolute atomic E-state index is 0.0535. The van der Waals surface area contributed by atoms with Crippen molar-refractivity contribution in [2.45, 2.75) is 25.0 Å². The number of amides is 1. The van der Waals surface area contributed by atoms with Gasteiger partial charge in [0.2, 0.25) is 5.91 Å². The third-order valence-electron chi connectivity index (χ3n) is 2.50. The molecule has 7 heteroatoms. The van der Waals surface area contributed by atoms with Gasteiger partial charge in [0.1, 0.15) is 0 Å². The zero-order valence-electron chi connectivity index (χ0n) is 10.2. The molecule has 0 spiro atoms. The van der Waals surface area contributed by atoms with Crippen LogP contribution in [0.3, 0.4) is 0 Å². The molecule has 104 valence electrons. The summed E-state index contributed by atoms with van der Waals surface area (Å²) < 4.78 is 34.2. The number of rotatable bonds is 3. The molecule has 1 aliphatic rings. The van der Waals surface area contributed by atoms with E-state index < -0.39 is 6.29 Å². The first kappa shape index (κ1) is 14.0. The van der Waals surface area contributed by atoms with E-state index in [0.717, 1.165) is 0 Å². The van der Waals surface area contributed by atoms with Crippen molar-refractivity contribution in [2.24, 2.45) is 5.92 Å². The molecule has 0 radical (unpaired) electrons. The Bertz CT molecular complexity index is 508. The van der Waals surface area contributed by atoms with E-state index in [-0.39, 0.29) is 28.2 Å². The van der Waals surface area contributed by atoms with Gasteiger partial charge in [-0.25, -0.2) is 0 Å². The molecule has 19 heavy (non-hydrogen) atoms. The van der Waals surface area contributed by atoms with E-state index in [4.69, 9.17) is 0 Å². The molecule has 1 aromatic carbocycles. The van der Waals surface area contributed by atoms with Crippen LogP contribution in [0.1, 0.15) is 13.8 Å². The Balaban J connectivity index is 2.11. The van der Waals surface area contributed by atoms with Crippen LogP contribution in [0.2, 0.25) is 0 Å². The van der Waals surface area contributed by atoms with Gasteiger partial charge in [-0.3, -0.25) is 4.79 Å². The molecule has 1 amide bonds. The topological polar surface area (TPSA) is 47.6 Å². The number of halogens is 3. The number of carbonyl (C=O) groups is 1. The number of carbonyl (C=O) groups excluding carboxylic acids is 1. The lowest BCUT2D eigenvalue weighted by Crippen LogP contribution is -2.27. The lowest BCUT2D eigenvalue weighted by molar-refractivity contribution is -0.286. The first-order chi connectivity index (χ1) is 8.78. The summed E-state index contributed by atoms with van der Waals surface area (Å²) in [5.74, 6) is -0.292. The van der Waals surface area contributed by atoms with Crippen molar-refractivity contribution in [1.82, 2.24) is 0 Å². The third kappa shape index (κ3) is 3.15. The number of hydrogen-bond donors (Lipinski definition) is 1. The highest BCUT2D eigenvalue weighted by molar-refractivity contribution is 9.10. The standard InChI is InChI=1S/C12H12BrF2NO3/c1-6(2)10(13)11(17)16-7-3-4-8-9(5-7)19-12(14,15)18-8/h3-6,10H,1-2H3,(H,16,17). The zero-order chi connectivity index (χ0) is 14.2. The minimum Gasteiger partial charge on any atom is -0.395 e. The summed E-state index contributed by atoms with van der Waals surface area (Å²) >= 11 is 3.26. The molecule has 0 bridgehead atoms. The highest BCUT2D eigenvalue weighted by Gasteiger charge is 2.43. The highest BCUT2D eigenvalue weighted by Crippen LogP contribution is 2.42. The number of anilines is 1. The van der Waals surface area contributed by atoms with Crippen LogP contribution in [-0.4, -0.2) is 17.0 Å². The van der Waals surface area contributed by atoms with Gasteiger partial charge in [0.05, 0.1) is 4.83 Å². The van der Waals surface area contributed by atoms with Crippen LogP contribution in [0.15, 0.2) is 18.2 Å². The molecule has 4 nitrogen and oxygen atoms in total. The Hall–Kier alpha value is -1.37. The molecule has 1 aliphatic heterocycles. The molecular formula is C12H12BrF2NO3. The normalized spacial score (nSPS) is 17.4. The molecule has 2 rings (SSSR count). The monoisotopic (exact) mass is 335 g/mol. The van der Waals surface area contributed by atoms with E-state index in [0.29, 0.717) is 5.69 Å². The van der Waals surface area contributed by atoms with Gasteiger partial charge in [0.15, 0.2) is 11.5 Å². The van der Waals surface area contributed by atoms with Crippen molar-refractivity contribution < 1.29 is 23.0 Å². The number of hydrogen-bond acceptors (Lipinski definition) is 3. The van der Waals surface area contributed by atoms with Crippen LogP contribution >= 0.6 is 15.9 Å². The number of alkyl halides is 3. The Morgan fingerprint density at radius 1 is 1.32 bits per heavy atom. The van der Waals surface area contributed by atoms with Crippen molar-refractivity contribution in [3.8, 4) is 11.5 Å². The molecule has 0 saturated carbocycles. The number of fused-ring (bicyclic) bond motifs is 1. The first-order valence-corrected chi connectivity index (χ1v) is 6.55. The summed E-state index contributed by atoms with van der Waals surface area (Å²) in [7, 11) is 0. The van der Waals surface area contributed by atoms with Crippen LogP contribution < -0.4 is 14.8 Å². The Morgan fingerprint density at radius 3 is 2.58 bits per heavy atom. The fourth-order valence-corrected chi connectivity index (χ4v) is 1.66. The summed E-state index contributed by atoms with van der Waals surface area (Å²) in [6.45, 7) is 3.78. The average Bonchev–Trinajstić information content (AvgIpc) is 2.60. The maximum Gasteiger partial charge on any atom is 0.586 e. The molecular weight excluding hydrogens is 324 g/mol. The predicted octanol–water partition coefficient (Wildman–Crippen LogP) is 3.37. The lowest BCUT2D eigenvalue weighted by Gasteiger charge is -2.13. The lowest BCUT2D eigenvalue weighted by atomic mass is 10.1. The summed E-state index contributed by atoms with van der Waals surface area (Å²) in [5, 5.41) is 2.61. The second-order valence-electron chi connectivity index (χ2n) is 4.46. The quantitative estimate of drug-likeness (QED) is 0.861. The second-order valence-corrected chi connectivity index (χ2v) is 5.45. The van der Waals surface area contributed by atoms with Gasteiger partial charge in [0, 0.05) is 11.8 Å². The van der Waals surface area contributed by atoms with Crippen LogP contribution in [0.5, 0.6) is 11.5 Å². The van der Waals surface area contributed by atoms with Crippen molar-refractivity contribution in [1.29, 1.82) is 0 Å². The molecule has 1 unspecified atom stereocenters. The summed E-state index contributed by atoms with van der Waals surface area (Å²) in [5.41, 5.74) is 0.371. The van der Waals surface area contributed by atoms with Gasteiger partial charge in [-0.05, 0) is 18.1 Å². The molecule has 1 N–H and O–H groups in total. The van der Waals surface area contributed by atoms with E-state index in [1.807, 2.05) is 13.8 Å². The van der Waals surface area contributed by atoms with Gasteiger partial charge in [-0.1, -0.05) is 29.8 Å². The second kappa shape index (κ2) is 4.96. The van der Waals surface area contributed by atoms with E-state index in [1.165, 1.54) is 18.2 Å². The van der Waals surface area contributed by atoms with Crippen LogP contribution in [0.25, 0.3) is 0 Å². The SMILES string of the molecule is CC(C)C(Br)C(=O)Nc1ccc2c(c1)OC(F)(F)O2. The van der Waals surface area contributed by atoms with Crippen molar-refractivity contribution in [3.05, 3.63) is 18.2 Å². The minimum atomic E-state index is -3.65. The first-order valence-electron chi connectivity index (χ1n) is 5.63. The molecule has 1 heterocycles. The van der Waals surface area contributed by atoms with Gasteiger partial charge in [-0.15, -0.1) is 8.78 Å². The summed E-state index contributed by atoms with van der Waals surface area (Å²) in [6.07, 6.45) is -3.65. The molecule has 0 fully saturated rings. The number of ether oxygens (including phenoxy) is 2. The van der Waals surface area contributed by atoms with Crippen LogP contribution in [-0.2, 0) is 4.79 Å². The Kier molecular flexibility index (Phi) is 3.66. The van der Waals surface area contributed by atoms with Crippen molar-refractivity contribution in [2.75, 3.05) is 5.32 Å². The molecule has 0 saturated heterocycles. The van der Waals surface area contributed by atoms with E-state index in [2.05, 4.69) is 30.7 Å². The molecule has 0 aromatic heterocycles. The van der Waals surface area contributed by atoms with E-state index >= 15 is 0 Å². The fraction of sp³-hybridized carbons (Fsp3) is 0.417. The van der Waals surface area contributed by atoms with Crippen molar-refractivity contribution in [3.63, 3.8) is 0 Å². The maximum absolute atomic E-state index is 12.8. The molecule has 1 aromatic rings. The van der Waals surface area contributed by atoms with Gasteiger partial charge in [0.25, 0.3) is 0 Å². The van der Waals surface area contributed by atoms with Crippen LogP contribution in [0.4, 0.5) is 14.5 Å². The third-order valence-corrected chi connectivity index (χ3v) is 3.98. The van der Waals surface area contributed by atoms with Crippen LogP contribution in [0, 0.1) is 5.92 Å². The predicted molar refractivity (Wildman–Crippen MR) is 68.8 cm³/mol. The molecule has 1 atom stereocenters. The number of nitrogens with one attached hydrogen (secondary N) is 1. The fourth-order valence-electron chi connectivity index (χ4n) is 1.54.